The summed E-state index contributed by atoms with van der Waals surface area (Å²) < 4.78 is 26.3. The van der Waals surface area contributed by atoms with Crippen molar-refractivity contribution in [2.24, 2.45) is 5.41 Å². The smallest absolute Gasteiger partial charge is 0.126 e. The zero-order valence-electron chi connectivity index (χ0n) is 11.7. The van der Waals surface area contributed by atoms with Crippen LogP contribution in [0.3, 0.4) is 0 Å². The van der Waals surface area contributed by atoms with Crippen molar-refractivity contribution in [1.29, 1.82) is 0 Å². The summed E-state index contributed by atoms with van der Waals surface area (Å²) in [6.07, 6.45) is 1.68. The molecule has 0 bridgehead atoms. The topological polar surface area (TPSA) is 12.0 Å². The van der Waals surface area contributed by atoms with Crippen molar-refractivity contribution in [3.05, 3.63) is 35.4 Å². The van der Waals surface area contributed by atoms with E-state index in [1.807, 2.05) is 0 Å². The Bertz CT molecular complexity index is 362. The SMILES string of the molecule is CCCNC(Cc1cc(F)cc(F)c1)C(C)(C)C. The van der Waals surface area contributed by atoms with Crippen molar-refractivity contribution in [3.8, 4) is 0 Å². The monoisotopic (exact) mass is 255 g/mol. The van der Waals surface area contributed by atoms with Gasteiger partial charge in [0.25, 0.3) is 0 Å². The summed E-state index contributed by atoms with van der Waals surface area (Å²) in [5, 5.41) is 3.45. The van der Waals surface area contributed by atoms with Gasteiger partial charge >= 0.3 is 0 Å². The van der Waals surface area contributed by atoms with Gasteiger partial charge in [-0.05, 0) is 42.5 Å². The van der Waals surface area contributed by atoms with Crippen molar-refractivity contribution in [2.75, 3.05) is 6.54 Å². The molecule has 0 amide bonds. The Morgan fingerprint density at radius 1 is 1.11 bits per heavy atom. The van der Waals surface area contributed by atoms with Gasteiger partial charge < -0.3 is 5.32 Å². The molecule has 102 valence electrons. The zero-order chi connectivity index (χ0) is 13.8. The molecule has 0 aromatic heterocycles. The highest BCUT2D eigenvalue weighted by Gasteiger charge is 2.24. The maximum Gasteiger partial charge on any atom is 0.126 e. The fraction of sp³-hybridized carbons (Fsp3) is 0.600. The zero-order valence-corrected chi connectivity index (χ0v) is 11.7. The molecule has 0 saturated carbocycles. The Labute approximate surface area is 109 Å². The van der Waals surface area contributed by atoms with Crippen LogP contribution in [0.4, 0.5) is 8.78 Å². The maximum atomic E-state index is 13.2. The van der Waals surface area contributed by atoms with Crippen LogP contribution in [0.1, 0.15) is 39.7 Å². The predicted octanol–water partition coefficient (Wildman–Crippen LogP) is 3.92. The van der Waals surface area contributed by atoms with Gasteiger partial charge in [0.2, 0.25) is 0 Å². The molecule has 0 aliphatic rings. The van der Waals surface area contributed by atoms with Crippen LogP contribution < -0.4 is 5.32 Å². The Morgan fingerprint density at radius 2 is 1.67 bits per heavy atom. The molecule has 0 fully saturated rings. The lowest BCUT2D eigenvalue weighted by atomic mass is 9.83. The van der Waals surface area contributed by atoms with Gasteiger partial charge in [-0.15, -0.1) is 0 Å². The molecule has 18 heavy (non-hydrogen) atoms. The third kappa shape index (κ3) is 4.73. The van der Waals surface area contributed by atoms with Crippen molar-refractivity contribution >= 4 is 0 Å². The summed E-state index contributed by atoms with van der Waals surface area (Å²) in [5.41, 5.74) is 0.758. The van der Waals surface area contributed by atoms with Crippen LogP contribution in [0.15, 0.2) is 18.2 Å². The Balaban J connectivity index is 2.82. The van der Waals surface area contributed by atoms with Gasteiger partial charge in [0.05, 0.1) is 0 Å². The lowest BCUT2D eigenvalue weighted by molar-refractivity contribution is 0.266. The van der Waals surface area contributed by atoms with Crippen LogP contribution >= 0.6 is 0 Å². The van der Waals surface area contributed by atoms with Gasteiger partial charge in [-0.3, -0.25) is 0 Å². The molecule has 0 aliphatic heterocycles. The molecule has 1 atom stereocenters. The predicted molar refractivity (Wildman–Crippen MR) is 71.6 cm³/mol. The number of rotatable bonds is 5. The number of halogens is 2. The highest BCUT2D eigenvalue weighted by molar-refractivity contribution is 5.19. The molecular formula is C15H23F2N. The summed E-state index contributed by atoms with van der Waals surface area (Å²) in [5.74, 6) is -1.01. The summed E-state index contributed by atoms with van der Waals surface area (Å²) in [4.78, 5) is 0. The second kappa shape index (κ2) is 6.28. The van der Waals surface area contributed by atoms with E-state index in [0.29, 0.717) is 12.0 Å². The average Bonchev–Trinajstić information content (AvgIpc) is 2.21. The molecular weight excluding hydrogens is 232 g/mol. The molecule has 1 aromatic rings. The lowest BCUT2D eigenvalue weighted by Crippen LogP contribution is -2.42. The largest absolute Gasteiger partial charge is 0.313 e. The van der Waals surface area contributed by atoms with E-state index >= 15 is 0 Å². The average molecular weight is 255 g/mol. The number of hydrogen-bond acceptors (Lipinski definition) is 1. The minimum absolute atomic E-state index is 0.0535. The van der Waals surface area contributed by atoms with Crippen molar-refractivity contribution in [2.45, 2.75) is 46.6 Å². The second-order valence-corrected chi connectivity index (χ2v) is 5.85. The molecule has 1 nitrogen and oxygen atoms in total. The lowest BCUT2D eigenvalue weighted by Gasteiger charge is -2.32. The first-order valence-corrected chi connectivity index (χ1v) is 6.51. The minimum atomic E-state index is -0.506. The molecule has 0 heterocycles. The van der Waals surface area contributed by atoms with E-state index in [4.69, 9.17) is 0 Å². The third-order valence-electron chi connectivity index (χ3n) is 3.05. The van der Waals surface area contributed by atoms with Gasteiger partial charge in [-0.2, -0.15) is 0 Å². The molecule has 3 heteroatoms. The van der Waals surface area contributed by atoms with Gasteiger partial charge in [0.1, 0.15) is 11.6 Å². The Morgan fingerprint density at radius 3 is 2.11 bits per heavy atom. The molecule has 0 radical (unpaired) electrons. The minimum Gasteiger partial charge on any atom is -0.313 e. The first kappa shape index (κ1) is 15.1. The van der Waals surface area contributed by atoms with Crippen molar-refractivity contribution in [3.63, 3.8) is 0 Å². The van der Waals surface area contributed by atoms with E-state index in [9.17, 15) is 8.78 Å². The van der Waals surface area contributed by atoms with E-state index in [0.717, 1.165) is 19.0 Å². The molecule has 0 spiro atoms. The third-order valence-corrected chi connectivity index (χ3v) is 3.05. The quantitative estimate of drug-likeness (QED) is 0.841. The van der Waals surface area contributed by atoms with E-state index in [2.05, 4.69) is 33.0 Å². The fourth-order valence-corrected chi connectivity index (χ4v) is 1.97. The normalized spacial score (nSPS) is 13.7. The maximum absolute atomic E-state index is 13.2. The number of hydrogen-bond donors (Lipinski definition) is 1. The number of nitrogens with one attached hydrogen (secondary N) is 1. The first-order chi connectivity index (χ1) is 8.32. The molecule has 1 rings (SSSR count). The highest BCUT2D eigenvalue weighted by Crippen LogP contribution is 2.23. The van der Waals surface area contributed by atoms with Crippen LogP contribution in [-0.4, -0.2) is 12.6 Å². The van der Waals surface area contributed by atoms with Gasteiger partial charge in [0.15, 0.2) is 0 Å². The van der Waals surface area contributed by atoms with Crippen LogP contribution in [0.5, 0.6) is 0 Å². The standard InChI is InChI=1S/C15H23F2N/c1-5-6-18-14(15(2,3)4)9-11-7-12(16)10-13(17)8-11/h7-8,10,14,18H,5-6,9H2,1-4H3. The molecule has 1 unspecified atom stereocenters. The van der Waals surface area contributed by atoms with E-state index in [1.54, 1.807) is 0 Å². The molecule has 1 aromatic carbocycles. The summed E-state index contributed by atoms with van der Waals surface area (Å²) in [6, 6.07) is 3.94. The fourth-order valence-electron chi connectivity index (χ4n) is 1.97. The molecule has 1 N–H and O–H groups in total. The van der Waals surface area contributed by atoms with E-state index in [-0.39, 0.29) is 11.5 Å². The Kier molecular flexibility index (Phi) is 5.27. The Hall–Kier alpha value is -0.960. The first-order valence-electron chi connectivity index (χ1n) is 6.51. The second-order valence-electron chi connectivity index (χ2n) is 5.85. The van der Waals surface area contributed by atoms with Gasteiger partial charge in [0, 0.05) is 12.1 Å². The van der Waals surface area contributed by atoms with Crippen LogP contribution in [-0.2, 0) is 6.42 Å². The number of benzene rings is 1. The summed E-state index contributed by atoms with van der Waals surface area (Å²) in [6.45, 7) is 9.43. The van der Waals surface area contributed by atoms with E-state index < -0.39 is 11.6 Å². The van der Waals surface area contributed by atoms with Gasteiger partial charge in [-0.25, -0.2) is 8.78 Å². The molecule has 0 aliphatic carbocycles. The molecule has 0 saturated heterocycles. The van der Waals surface area contributed by atoms with Crippen molar-refractivity contribution < 1.29 is 8.78 Å². The highest BCUT2D eigenvalue weighted by atomic mass is 19.1. The van der Waals surface area contributed by atoms with Crippen molar-refractivity contribution in [1.82, 2.24) is 5.32 Å². The van der Waals surface area contributed by atoms with Crippen LogP contribution in [0.2, 0.25) is 0 Å². The van der Waals surface area contributed by atoms with E-state index in [1.165, 1.54) is 12.1 Å². The van der Waals surface area contributed by atoms with Gasteiger partial charge in [-0.1, -0.05) is 27.7 Å². The summed E-state index contributed by atoms with van der Waals surface area (Å²) in [7, 11) is 0. The summed E-state index contributed by atoms with van der Waals surface area (Å²) >= 11 is 0. The van der Waals surface area contributed by atoms with Crippen LogP contribution in [0, 0.1) is 17.0 Å². The van der Waals surface area contributed by atoms with Crippen LogP contribution in [0.25, 0.3) is 0 Å².